The van der Waals surface area contributed by atoms with Gasteiger partial charge in [0.05, 0.1) is 12.6 Å². The van der Waals surface area contributed by atoms with Gasteiger partial charge in [0.15, 0.2) is 0 Å². The van der Waals surface area contributed by atoms with Gasteiger partial charge in [-0.25, -0.2) is 0 Å². The molecule has 0 aromatic rings. The van der Waals surface area contributed by atoms with Gasteiger partial charge in [-0.05, 0) is 12.3 Å². The third-order valence-corrected chi connectivity index (χ3v) is 1.97. The Morgan fingerprint density at radius 1 is 1.47 bits per heavy atom. The van der Waals surface area contributed by atoms with E-state index in [4.69, 9.17) is 10.5 Å². The highest BCUT2D eigenvalue weighted by molar-refractivity contribution is 5.85. The first-order valence-corrected chi connectivity index (χ1v) is 5.00. The SMILES string of the molecule is CCOCCNC(=O)[C@@H](N)C(C)(C)C.Cl. The van der Waals surface area contributed by atoms with Crippen molar-refractivity contribution in [2.24, 2.45) is 11.1 Å². The molecule has 0 fully saturated rings. The molecule has 0 aromatic heterocycles. The highest BCUT2D eigenvalue weighted by Crippen LogP contribution is 2.16. The van der Waals surface area contributed by atoms with Crippen LogP contribution in [0.25, 0.3) is 0 Å². The Morgan fingerprint density at radius 3 is 2.40 bits per heavy atom. The maximum atomic E-state index is 11.5. The van der Waals surface area contributed by atoms with Crippen molar-refractivity contribution in [1.82, 2.24) is 5.32 Å². The average Bonchev–Trinajstić information content (AvgIpc) is 2.09. The largest absolute Gasteiger partial charge is 0.380 e. The van der Waals surface area contributed by atoms with Gasteiger partial charge in [-0.15, -0.1) is 12.4 Å². The lowest BCUT2D eigenvalue weighted by Crippen LogP contribution is -2.49. The zero-order chi connectivity index (χ0) is 11.2. The molecule has 0 saturated heterocycles. The summed E-state index contributed by atoms with van der Waals surface area (Å²) >= 11 is 0. The molecule has 3 N–H and O–H groups in total. The Bertz CT molecular complexity index is 181. The van der Waals surface area contributed by atoms with Crippen molar-refractivity contribution in [1.29, 1.82) is 0 Å². The van der Waals surface area contributed by atoms with E-state index in [0.717, 1.165) is 0 Å². The Balaban J connectivity index is 0. The number of nitrogens with two attached hydrogens (primary N) is 1. The summed E-state index contributed by atoms with van der Waals surface area (Å²) in [6.07, 6.45) is 0. The molecule has 0 aliphatic carbocycles. The quantitative estimate of drug-likeness (QED) is 0.701. The normalized spacial score (nSPS) is 12.9. The van der Waals surface area contributed by atoms with Crippen LogP contribution in [0.4, 0.5) is 0 Å². The third kappa shape index (κ3) is 7.59. The molecule has 0 heterocycles. The van der Waals surface area contributed by atoms with Crippen LogP contribution < -0.4 is 11.1 Å². The predicted octanol–water partition coefficient (Wildman–Crippen LogP) is 0.934. The number of halogens is 1. The molecule has 1 atom stereocenters. The molecule has 0 radical (unpaired) electrons. The molecule has 0 rings (SSSR count). The molecule has 0 saturated carbocycles. The number of carbonyl (C=O) groups excluding carboxylic acids is 1. The standard InChI is InChI=1S/C10H22N2O2.ClH/c1-5-14-7-6-12-9(13)8(11)10(2,3)4;/h8H,5-7,11H2,1-4H3,(H,12,13);1H/t8-;/m1./s1. The first-order valence-electron chi connectivity index (χ1n) is 5.00. The number of ether oxygens (including phenoxy) is 1. The van der Waals surface area contributed by atoms with Gasteiger partial charge in [0, 0.05) is 13.2 Å². The van der Waals surface area contributed by atoms with Crippen molar-refractivity contribution in [2.45, 2.75) is 33.7 Å². The molecule has 1 amide bonds. The van der Waals surface area contributed by atoms with Gasteiger partial charge in [-0.2, -0.15) is 0 Å². The zero-order valence-electron chi connectivity index (χ0n) is 10.0. The van der Waals surface area contributed by atoms with Crippen molar-refractivity contribution in [2.75, 3.05) is 19.8 Å². The fourth-order valence-corrected chi connectivity index (χ4v) is 0.894. The van der Waals surface area contributed by atoms with E-state index in [9.17, 15) is 4.79 Å². The topological polar surface area (TPSA) is 64.3 Å². The van der Waals surface area contributed by atoms with E-state index >= 15 is 0 Å². The van der Waals surface area contributed by atoms with Crippen LogP contribution in [0.2, 0.25) is 0 Å². The van der Waals surface area contributed by atoms with E-state index in [1.165, 1.54) is 0 Å². The minimum Gasteiger partial charge on any atom is -0.380 e. The molecule has 5 heteroatoms. The molecule has 0 bridgehead atoms. The van der Waals surface area contributed by atoms with E-state index < -0.39 is 6.04 Å². The number of nitrogens with one attached hydrogen (secondary N) is 1. The van der Waals surface area contributed by atoms with Crippen molar-refractivity contribution in [3.8, 4) is 0 Å². The van der Waals surface area contributed by atoms with Crippen LogP contribution in [0.1, 0.15) is 27.7 Å². The summed E-state index contributed by atoms with van der Waals surface area (Å²) in [6.45, 7) is 9.48. The molecule has 0 aliphatic rings. The lowest BCUT2D eigenvalue weighted by atomic mass is 9.87. The first-order chi connectivity index (χ1) is 6.39. The molecule has 0 spiro atoms. The molecule has 0 aliphatic heterocycles. The summed E-state index contributed by atoms with van der Waals surface area (Å²) in [4.78, 5) is 11.5. The average molecular weight is 239 g/mol. The van der Waals surface area contributed by atoms with Gasteiger partial charge in [-0.1, -0.05) is 20.8 Å². The van der Waals surface area contributed by atoms with Crippen LogP contribution in [0.15, 0.2) is 0 Å². The smallest absolute Gasteiger partial charge is 0.237 e. The van der Waals surface area contributed by atoms with E-state index in [2.05, 4.69) is 5.32 Å². The number of hydrogen-bond acceptors (Lipinski definition) is 3. The second-order valence-electron chi connectivity index (χ2n) is 4.33. The molecule has 0 aromatic carbocycles. The second-order valence-corrected chi connectivity index (χ2v) is 4.33. The van der Waals surface area contributed by atoms with Gasteiger partial charge >= 0.3 is 0 Å². The second kappa shape index (κ2) is 7.91. The van der Waals surface area contributed by atoms with E-state index in [-0.39, 0.29) is 23.7 Å². The summed E-state index contributed by atoms with van der Waals surface area (Å²) in [5.74, 6) is -0.114. The van der Waals surface area contributed by atoms with Gasteiger partial charge < -0.3 is 15.8 Å². The minimum absolute atomic E-state index is 0. The maximum Gasteiger partial charge on any atom is 0.237 e. The summed E-state index contributed by atoms with van der Waals surface area (Å²) < 4.78 is 5.09. The van der Waals surface area contributed by atoms with Crippen molar-refractivity contribution >= 4 is 18.3 Å². The van der Waals surface area contributed by atoms with Crippen LogP contribution in [-0.4, -0.2) is 31.7 Å². The molecular formula is C10H23ClN2O2. The minimum atomic E-state index is -0.468. The monoisotopic (exact) mass is 238 g/mol. The summed E-state index contributed by atoms with van der Waals surface area (Å²) in [5.41, 5.74) is 5.56. The van der Waals surface area contributed by atoms with Gasteiger partial charge in [0.1, 0.15) is 0 Å². The molecule has 92 valence electrons. The van der Waals surface area contributed by atoms with Gasteiger partial charge in [-0.3, -0.25) is 4.79 Å². The fraction of sp³-hybridized carbons (Fsp3) is 0.900. The Morgan fingerprint density at radius 2 is 2.00 bits per heavy atom. The lowest BCUT2D eigenvalue weighted by molar-refractivity contribution is -0.124. The van der Waals surface area contributed by atoms with Crippen molar-refractivity contribution < 1.29 is 9.53 Å². The Labute approximate surface area is 98.3 Å². The zero-order valence-corrected chi connectivity index (χ0v) is 10.8. The molecule has 0 unspecified atom stereocenters. The highest BCUT2D eigenvalue weighted by Gasteiger charge is 2.26. The van der Waals surface area contributed by atoms with Crippen molar-refractivity contribution in [3.05, 3.63) is 0 Å². The predicted molar refractivity (Wildman–Crippen MR) is 64.2 cm³/mol. The highest BCUT2D eigenvalue weighted by atomic mass is 35.5. The molecule has 4 nitrogen and oxygen atoms in total. The lowest BCUT2D eigenvalue weighted by Gasteiger charge is -2.25. The Kier molecular flexibility index (Phi) is 9.01. The number of carbonyl (C=O) groups is 1. The molecule has 15 heavy (non-hydrogen) atoms. The number of rotatable bonds is 5. The van der Waals surface area contributed by atoms with Crippen molar-refractivity contribution in [3.63, 3.8) is 0 Å². The van der Waals surface area contributed by atoms with Crippen LogP contribution >= 0.6 is 12.4 Å². The van der Waals surface area contributed by atoms with Crippen LogP contribution in [0, 0.1) is 5.41 Å². The van der Waals surface area contributed by atoms with E-state index in [1.54, 1.807) is 0 Å². The van der Waals surface area contributed by atoms with Crippen LogP contribution in [0.3, 0.4) is 0 Å². The number of amides is 1. The Hall–Kier alpha value is -0.320. The first kappa shape index (κ1) is 17.1. The van der Waals surface area contributed by atoms with Crippen LogP contribution in [0.5, 0.6) is 0 Å². The summed E-state index contributed by atoms with van der Waals surface area (Å²) in [7, 11) is 0. The maximum absolute atomic E-state index is 11.5. The van der Waals surface area contributed by atoms with E-state index in [1.807, 2.05) is 27.7 Å². The van der Waals surface area contributed by atoms with Gasteiger partial charge in [0.25, 0.3) is 0 Å². The summed E-state index contributed by atoms with van der Waals surface area (Å²) in [5, 5.41) is 2.73. The third-order valence-electron chi connectivity index (χ3n) is 1.97. The fourth-order valence-electron chi connectivity index (χ4n) is 0.894. The number of hydrogen-bond donors (Lipinski definition) is 2. The van der Waals surface area contributed by atoms with Gasteiger partial charge in [0.2, 0.25) is 5.91 Å². The van der Waals surface area contributed by atoms with E-state index in [0.29, 0.717) is 19.8 Å². The van der Waals surface area contributed by atoms with Crippen LogP contribution in [-0.2, 0) is 9.53 Å². The molecular weight excluding hydrogens is 216 g/mol. The summed E-state index contributed by atoms with van der Waals surface area (Å²) in [6, 6.07) is -0.468.